The molecule has 4 nitrogen and oxygen atoms in total. The van der Waals surface area contributed by atoms with Crippen molar-refractivity contribution in [3.8, 4) is 0 Å². The SMILES string of the molecule is NC(=O)C1CCN(C(=O)C2(c3cccs3)CC2)CC1. The molecule has 2 N–H and O–H groups in total. The Balaban J connectivity index is 1.68. The number of hydrogen-bond acceptors (Lipinski definition) is 3. The molecule has 102 valence electrons. The van der Waals surface area contributed by atoms with Crippen molar-refractivity contribution < 1.29 is 9.59 Å². The molecule has 1 aromatic rings. The summed E-state index contributed by atoms with van der Waals surface area (Å²) < 4.78 is 0. The fourth-order valence-electron chi connectivity index (χ4n) is 2.91. The summed E-state index contributed by atoms with van der Waals surface area (Å²) in [7, 11) is 0. The van der Waals surface area contributed by atoms with Crippen molar-refractivity contribution in [1.29, 1.82) is 0 Å². The number of nitrogens with zero attached hydrogens (tertiary/aromatic N) is 1. The molecule has 0 aromatic carbocycles. The van der Waals surface area contributed by atoms with E-state index in [-0.39, 0.29) is 23.1 Å². The first kappa shape index (κ1) is 12.7. The molecule has 0 atom stereocenters. The molecule has 1 saturated carbocycles. The third kappa shape index (κ3) is 2.16. The van der Waals surface area contributed by atoms with E-state index in [1.165, 1.54) is 4.88 Å². The monoisotopic (exact) mass is 278 g/mol. The van der Waals surface area contributed by atoms with Crippen LogP contribution >= 0.6 is 11.3 Å². The summed E-state index contributed by atoms with van der Waals surface area (Å²) in [6.07, 6.45) is 3.34. The number of nitrogens with two attached hydrogens (primary N) is 1. The Bertz CT molecular complexity index is 486. The van der Waals surface area contributed by atoms with Crippen molar-refractivity contribution in [3.05, 3.63) is 22.4 Å². The molecular formula is C14H18N2O2S. The molecule has 1 aromatic heterocycles. The molecule has 1 saturated heterocycles. The van der Waals surface area contributed by atoms with E-state index >= 15 is 0 Å². The number of likely N-dealkylation sites (tertiary alicyclic amines) is 1. The number of thiophene rings is 1. The molecule has 0 radical (unpaired) electrons. The van der Waals surface area contributed by atoms with Gasteiger partial charge in [-0.1, -0.05) is 6.07 Å². The van der Waals surface area contributed by atoms with Gasteiger partial charge in [-0.3, -0.25) is 9.59 Å². The van der Waals surface area contributed by atoms with Gasteiger partial charge < -0.3 is 10.6 Å². The van der Waals surface area contributed by atoms with Crippen LogP contribution in [0.5, 0.6) is 0 Å². The molecular weight excluding hydrogens is 260 g/mol. The van der Waals surface area contributed by atoms with Gasteiger partial charge >= 0.3 is 0 Å². The first-order valence-corrected chi connectivity index (χ1v) is 7.64. The van der Waals surface area contributed by atoms with Crippen LogP contribution in [0.15, 0.2) is 17.5 Å². The Morgan fingerprint density at radius 2 is 2.00 bits per heavy atom. The number of primary amides is 1. The second kappa shape index (κ2) is 4.63. The molecule has 0 bridgehead atoms. The van der Waals surface area contributed by atoms with E-state index < -0.39 is 0 Å². The fourth-order valence-corrected chi connectivity index (χ4v) is 3.89. The van der Waals surface area contributed by atoms with E-state index in [0.29, 0.717) is 25.9 Å². The van der Waals surface area contributed by atoms with Crippen LogP contribution < -0.4 is 5.73 Å². The van der Waals surface area contributed by atoms with Crippen LogP contribution in [-0.2, 0) is 15.0 Å². The van der Waals surface area contributed by atoms with Gasteiger partial charge in [0.2, 0.25) is 11.8 Å². The van der Waals surface area contributed by atoms with Gasteiger partial charge in [0.1, 0.15) is 0 Å². The summed E-state index contributed by atoms with van der Waals surface area (Å²) in [6, 6.07) is 4.07. The zero-order valence-electron chi connectivity index (χ0n) is 10.8. The zero-order chi connectivity index (χ0) is 13.5. The Kier molecular flexibility index (Phi) is 3.09. The molecule has 5 heteroatoms. The predicted octanol–water partition coefficient (Wildman–Crippen LogP) is 1.50. The van der Waals surface area contributed by atoms with Crippen LogP contribution in [0, 0.1) is 5.92 Å². The van der Waals surface area contributed by atoms with Gasteiger partial charge in [0.25, 0.3) is 0 Å². The first-order chi connectivity index (χ1) is 9.13. The number of rotatable bonds is 3. The quantitative estimate of drug-likeness (QED) is 0.910. The third-order valence-corrected chi connectivity index (χ3v) is 5.41. The van der Waals surface area contributed by atoms with Crippen LogP contribution in [0.25, 0.3) is 0 Å². The molecule has 2 amide bonds. The number of carbonyl (C=O) groups is 2. The lowest BCUT2D eigenvalue weighted by molar-refractivity contribution is -0.137. The lowest BCUT2D eigenvalue weighted by Crippen LogP contribution is -2.45. The lowest BCUT2D eigenvalue weighted by Gasteiger charge is -2.33. The summed E-state index contributed by atoms with van der Waals surface area (Å²) in [5, 5.41) is 2.03. The van der Waals surface area contributed by atoms with Gasteiger partial charge in [-0.15, -0.1) is 11.3 Å². The van der Waals surface area contributed by atoms with Crippen LogP contribution in [0.2, 0.25) is 0 Å². The van der Waals surface area contributed by atoms with Crippen molar-refractivity contribution in [2.24, 2.45) is 11.7 Å². The van der Waals surface area contributed by atoms with Crippen molar-refractivity contribution in [3.63, 3.8) is 0 Å². The highest BCUT2D eigenvalue weighted by molar-refractivity contribution is 7.10. The van der Waals surface area contributed by atoms with Gasteiger partial charge in [0.15, 0.2) is 0 Å². The van der Waals surface area contributed by atoms with Gasteiger partial charge in [-0.2, -0.15) is 0 Å². The second-order valence-electron chi connectivity index (χ2n) is 5.53. The summed E-state index contributed by atoms with van der Waals surface area (Å²) in [5.74, 6) is -0.0368. The maximum atomic E-state index is 12.7. The highest BCUT2D eigenvalue weighted by Crippen LogP contribution is 2.51. The molecule has 2 heterocycles. The van der Waals surface area contributed by atoms with Crippen LogP contribution in [0.1, 0.15) is 30.6 Å². The van der Waals surface area contributed by atoms with Crippen molar-refractivity contribution in [2.45, 2.75) is 31.1 Å². The topological polar surface area (TPSA) is 63.4 Å². The van der Waals surface area contributed by atoms with Crippen molar-refractivity contribution in [2.75, 3.05) is 13.1 Å². The molecule has 1 aliphatic carbocycles. The van der Waals surface area contributed by atoms with Crippen LogP contribution in [0.4, 0.5) is 0 Å². The van der Waals surface area contributed by atoms with E-state index in [1.807, 2.05) is 16.3 Å². The van der Waals surface area contributed by atoms with Crippen LogP contribution in [0.3, 0.4) is 0 Å². The van der Waals surface area contributed by atoms with E-state index in [0.717, 1.165) is 12.8 Å². The Hall–Kier alpha value is -1.36. The van der Waals surface area contributed by atoms with E-state index in [1.54, 1.807) is 11.3 Å². The molecule has 2 fully saturated rings. The van der Waals surface area contributed by atoms with Crippen molar-refractivity contribution >= 4 is 23.2 Å². The van der Waals surface area contributed by atoms with Gasteiger partial charge in [0, 0.05) is 23.9 Å². The van der Waals surface area contributed by atoms with E-state index in [2.05, 4.69) is 6.07 Å². The van der Waals surface area contributed by atoms with Gasteiger partial charge in [-0.25, -0.2) is 0 Å². The molecule has 0 unspecified atom stereocenters. The third-order valence-electron chi connectivity index (χ3n) is 4.34. The minimum atomic E-state index is -0.242. The Morgan fingerprint density at radius 1 is 1.32 bits per heavy atom. The summed E-state index contributed by atoms with van der Waals surface area (Å²) >= 11 is 1.67. The lowest BCUT2D eigenvalue weighted by atomic mass is 9.94. The average Bonchev–Trinajstić information content (AvgIpc) is 3.05. The smallest absolute Gasteiger partial charge is 0.234 e. The predicted molar refractivity (Wildman–Crippen MR) is 73.7 cm³/mol. The molecule has 0 spiro atoms. The number of amides is 2. The second-order valence-corrected chi connectivity index (χ2v) is 6.48. The maximum absolute atomic E-state index is 12.7. The largest absolute Gasteiger partial charge is 0.369 e. The molecule has 3 rings (SSSR count). The summed E-state index contributed by atoms with van der Waals surface area (Å²) in [4.78, 5) is 26.9. The summed E-state index contributed by atoms with van der Waals surface area (Å²) in [6.45, 7) is 1.33. The van der Waals surface area contributed by atoms with E-state index in [9.17, 15) is 9.59 Å². The average molecular weight is 278 g/mol. The van der Waals surface area contributed by atoms with Gasteiger partial charge in [0.05, 0.1) is 5.41 Å². The molecule has 1 aliphatic heterocycles. The minimum absolute atomic E-state index is 0.0547. The standard InChI is InChI=1S/C14H18N2O2S/c15-12(17)10-3-7-16(8-4-10)13(18)14(5-6-14)11-2-1-9-19-11/h1-2,9-10H,3-8H2,(H2,15,17). The van der Waals surface area contributed by atoms with Crippen molar-refractivity contribution in [1.82, 2.24) is 4.90 Å². The Morgan fingerprint density at radius 3 is 2.47 bits per heavy atom. The maximum Gasteiger partial charge on any atom is 0.234 e. The highest BCUT2D eigenvalue weighted by Gasteiger charge is 2.54. The highest BCUT2D eigenvalue weighted by atomic mass is 32.1. The normalized spacial score (nSPS) is 22.2. The van der Waals surface area contributed by atoms with E-state index in [4.69, 9.17) is 5.73 Å². The molecule has 19 heavy (non-hydrogen) atoms. The summed E-state index contributed by atoms with van der Waals surface area (Å²) in [5.41, 5.74) is 5.08. The number of hydrogen-bond donors (Lipinski definition) is 1. The Labute approximate surface area is 116 Å². The molecule has 2 aliphatic rings. The first-order valence-electron chi connectivity index (χ1n) is 6.76. The minimum Gasteiger partial charge on any atom is -0.369 e. The number of carbonyl (C=O) groups excluding carboxylic acids is 2. The fraction of sp³-hybridized carbons (Fsp3) is 0.571. The zero-order valence-corrected chi connectivity index (χ0v) is 11.6. The number of piperidine rings is 1. The van der Waals surface area contributed by atoms with Crippen LogP contribution in [-0.4, -0.2) is 29.8 Å². The van der Waals surface area contributed by atoms with Gasteiger partial charge in [-0.05, 0) is 37.1 Å².